The summed E-state index contributed by atoms with van der Waals surface area (Å²) >= 11 is 6.01. The molecular weight excluding hydrogens is 293 g/mol. The molecule has 106 valence electrons. The number of hydrogen-bond donors (Lipinski definition) is 2. The molecule has 0 unspecified atom stereocenters. The van der Waals surface area contributed by atoms with Crippen molar-refractivity contribution in [2.75, 3.05) is 11.9 Å². The number of halogens is 2. The van der Waals surface area contributed by atoms with Crippen LogP contribution in [-0.2, 0) is 0 Å². The van der Waals surface area contributed by atoms with Gasteiger partial charge in [-0.2, -0.15) is 0 Å². The van der Waals surface area contributed by atoms with Gasteiger partial charge in [0.05, 0.1) is 10.7 Å². The number of para-hydroxylation sites is 1. The molecule has 0 aliphatic carbocycles. The zero-order valence-electron chi connectivity index (χ0n) is 10.9. The number of nitrogens with one attached hydrogen (secondary N) is 1. The molecule has 0 atom stereocenters. The summed E-state index contributed by atoms with van der Waals surface area (Å²) in [5, 5.41) is 11.4. The Kier molecular flexibility index (Phi) is 4.94. The third-order valence-electron chi connectivity index (χ3n) is 2.66. The molecule has 3 nitrogen and oxygen atoms in total. The molecule has 0 heterocycles. The first-order chi connectivity index (χ1) is 10.1. The Hall–Kier alpha value is -2.35. The highest BCUT2D eigenvalue weighted by Crippen LogP contribution is 2.19. The standard InChI is InChI=1S/C16H11ClFNO2/c17-13-10-12(8-7-11(13)4-3-9-20)16(21)19-15-6-2-1-5-14(15)18/h1-2,5-8,10,20H,9H2,(H,19,21). The number of carbonyl (C=O) groups excluding carboxylic acids is 1. The smallest absolute Gasteiger partial charge is 0.255 e. The van der Waals surface area contributed by atoms with Crippen molar-refractivity contribution >= 4 is 23.2 Å². The van der Waals surface area contributed by atoms with Crippen LogP contribution in [0.1, 0.15) is 15.9 Å². The lowest BCUT2D eigenvalue weighted by Crippen LogP contribution is -2.13. The highest BCUT2D eigenvalue weighted by atomic mass is 35.5. The Morgan fingerprint density at radius 2 is 2.05 bits per heavy atom. The van der Waals surface area contributed by atoms with E-state index in [1.54, 1.807) is 12.1 Å². The normalized spacial score (nSPS) is 9.67. The van der Waals surface area contributed by atoms with Crippen molar-refractivity contribution in [1.82, 2.24) is 0 Å². The molecule has 0 saturated heterocycles. The fourth-order valence-corrected chi connectivity index (χ4v) is 1.88. The maximum Gasteiger partial charge on any atom is 0.255 e. The van der Waals surface area contributed by atoms with E-state index in [9.17, 15) is 9.18 Å². The van der Waals surface area contributed by atoms with Crippen molar-refractivity contribution in [3.63, 3.8) is 0 Å². The van der Waals surface area contributed by atoms with Crippen molar-refractivity contribution in [3.8, 4) is 11.8 Å². The third kappa shape index (κ3) is 3.82. The van der Waals surface area contributed by atoms with Crippen LogP contribution in [0.4, 0.5) is 10.1 Å². The first kappa shape index (κ1) is 15.0. The maximum absolute atomic E-state index is 13.5. The third-order valence-corrected chi connectivity index (χ3v) is 2.97. The van der Waals surface area contributed by atoms with Gasteiger partial charge >= 0.3 is 0 Å². The Morgan fingerprint density at radius 3 is 2.71 bits per heavy atom. The summed E-state index contributed by atoms with van der Waals surface area (Å²) in [5.74, 6) is 4.16. The van der Waals surface area contributed by atoms with E-state index in [2.05, 4.69) is 17.2 Å². The highest BCUT2D eigenvalue weighted by molar-refractivity contribution is 6.32. The molecule has 2 N–H and O–H groups in total. The van der Waals surface area contributed by atoms with Crippen molar-refractivity contribution in [2.45, 2.75) is 0 Å². The van der Waals surface area contributed by atoms with E-state index >= 15 is 0 Å². The summed E-state index contributed by atoms with van der Waals surface area (Å²) in [4.78, 5) is 12.0. The summed E-state index contributed by atoms with van der Waals surface area (Å²) in [7, 11) is 0. The molecule has 2 aromatic carbocycles. The lowest BCUT2D eigenvalue weighted by molar-refractivity contribution is 0.102. The average Bonchev–Trinajstić information content (AvgIpc) is 2.48. The Bertz CT molecular complexity index is 735. The van der Waals surface area contributed by atoms with Crippen LogP contribution >= 0.6 is 11.6 Å². The monoisotopic (exact) mass is 303 g/mol. The molecule has 21 heavy (non-hydrogen) atoms. The lowest BCUT2D eigenvalue weighted by Gasteiger charge is -2.07. The van der Waals surface area contributed by atoms with Crippen LogP contribution in [0.15, 0.2) is 42.5 Å². The molecule has 1 amide bonds. The summed E-state index contributed by atoms with van der Waals surface area (Å²) in [6, 6.07) is 10.4. The van der Waals surface area contributed by atoms with Crippen molar-refractivity contribution in [1.29, 1.82) is 0 Å². The number of hydrogen-bond acceptors (Lipinski definition) is 2. The number of aliphatic hydroxyl groups excluding tert-OH is 1. The van der Waals surface area contributed by atoms with E-state index in [-0.39, 0.29) is 22.9 Å². The van der Waals surface area contributed by atoms with Gasteiger partial charge in [-0.05, 0) is 30.3 Å². The molecule has 0 radical (unpaired) electrons. The number of rotatable bonds is 2. The van der Waals surface area contributed by atoms with E-state index in [0.29, 0.717) is 5.56 Å². The Morgan fingerprint density at radius 1 is 1.29 bits per heavy atom. The van der Waals surface area contributed by atoms with Crippen LogP contribution in [0, 0.1) is 17.7 Å². The van der Waals surface area contributed by atoms with Gasteiger partial charge in [0.1, 0.15) is 12.4 Å². The molecule has 5 heteroatoms. The van der Waals surface area contributed by atoms with Gasteiger partial charge in [-0.3, -0.25) is 4.79 Å². The van der Waals surface area contributed by atoms with Crippen LogP contribution in [0.25, 0.3) is 0 Å². The second-order valence-electron chi connectivity index (χ2n) is 4.09. The van der Waals surface area contributed by atoms with Gasteiger partial charge in [-0.15, -0.1) is 0 Å². The summed E-state index contributed by atoms with van der Waals surface area (Å²) in [6.45, 7) is -0.272. The minimum Gasteiger partial charge on any atom is -0.384 e. The minimum atomic E-state index is -0.512. The first-order valence-electron chi connectivity index (χ1n) is 6.07. The largest absolute Gasteiger partial charge is 0.384 e. The van der Waals surface area contributed by atoms with Gasteiger partial charge in [0, 0.05) is 11.1 Å². The predicted molar refractivity (Wildman–Crippen MR) is 79.8 cm³/mol. The number of benzene rings is 2. The number of carbonyl (C=O) groups is 1. The average molecular weight is 304 g/mol. The van der Waals surface area contributed by atoms with E-state index in [1.165, 1.54) is 30.3 Å². The topological polar surface area (TPSA) is 49.3 Å². The summed E-state index contributed by atoms with van der Waals surface area (Å²) < 4.78 is 13.5. The molecule has 0 aliphatic rings. The Balaban J connectivity index is 2.21. The van der Waals surface area contributed by atoms with Crippen LogP contribution in [0.5, 0.6) is 0 Å². The molecule has 0 bridgehead atoms. The summed E-state index contributed by atoms with van der Waals surface area (Å²) in [6.07, 6.45) is 0. The van der Waals surface area contributed by atoms with E-state index < -0.39 is 11.7 Å². The van der Waals surface area contributed by atoms with Crippen LogP contribution in [-0.4, -0.2) is 17.6 Å². The van der Waals surface area contributed by atoms with Crippen molar-refractivity contribution in [3.05, 3.63) is 64.4 Å². The van der Waals surface area contributed by atoms with E-state index in [0.717, 1.165) is 0 Å². The second kappa shape index (κ2) is 6.89. The van der Waals surface area contributed by atoms with Gasteiger partial charge in [0.25, 0.3) is 5.91 Å². The van der Waals surface area contributed by atoms with Crippen LogP contribution in [0.2, 0.25) is 5.02 Å². The number of amides is 1. The number of aliphatic hydroxyl groups is 1. The molecule has 0 aromatic heterocycles. The fraction of sp³-hybridized carbons (Fsp3) is 0.0625. The zero-order valence-corrected chi connectivity index (χ0v) is 11.6. The van der Waals surface area contributed by atoms with Gasteiger partial charge in [-0.25, -0.2) is 4.39 Å². The van der Waals surface area contributed by atoms with Crippen LogP contribution in [0.3, 0.4) is 0 Å². The molecule has 2 rings (SSSR count). The maximum atomic E-state index is 13.5. The molecule has 0 spiro atoms. The molecular formula is C16H11ClFNO2. The molecule has 0 saturated carbocycles. The summed E-state index contributed by atoms with van der Waals surface area (Å²) in [5.41, 5.74) is 0.897. The van der Waals surface area contributed by atoms with Gasteiger partial charge in [0.15, 0.2) is 0 Å². The van der Waals surface area contributed by atoms with Gasteiger partial charge in [-0.1, -0.05) is 35.6 Å². The highest BCUT2D eigenvalue weighted by Gasteiger charge is 2.10. The fourth-order valence-electron chi connectivity index (χ4n) is 1.65. The number of anilines is 1. The predicted octanol–water partition coefficient (Wildman–Crippen LogP) is 3.08. The van der Waals surface area contributed by atoms with Crippen LogP contribution < -0.4 is 5.32 Å². The van der Waals surface area contributed by atoms with Gasteiger partial charge in [0.2, 0.25) is 0 Å². The van der Waals surface area contributed by atoms with Crippen molar-refractivity contribution < 1.29 is 14.3 Å². The first-order valence-corrected chi connectivity index (χ1v) is 6.45. The second-order valence-corrected chi connectivity index (χ2v) is 4.50. The molecule has 2 aromatic rings. The van der Waals surface area contributed by atoms with Gasteiger partial charge < -0.3 is 10.4 Å². The lowest BCUT2D eigenvalue weighted by atomic mass is 10.1. The minimum absolute atomic E-state index is 0.0998. The van der Waals surface area contributed by atoms with E-state index in [4.69, 9.17) is 16.7 Å². The molecule has 0 fully saturated rings. The molecule has 0 aliphatic heterocycles. The Labute approximate surface area is 126 Å². The zero-order chi connectivity index (χ0) is 15.2. The van der Waals surface area contributed by atoms with E-state index in [1.807, 2.05) is 0 Å². The quantitative estimate of drug-likeness (QED) is 0.838. The van der Waals surface area contributed by atoms with Crippen molar-refractivity contribution in [2.24, 2.45) is 0 Å². The SMILES string of the molecule is O=C(Nc1ccccc1F)c1ccc(C#CCO)c(Cl)c1.